The number of carbonyl (C=O) groups is 1. The molecule has 0 bridgehead atoms. The summed E-state index contributed by atoms with van der Waals surface area (Å²) in [6.45, 7) is 1.44. The smallest absolute Gasteiger partial charge is 0.269 e. The van der Waals surface area contributed by atoms with Gasteiger partial charge in [-0.2, -0.15) is 5.06 Å². The van der Waals surface area contributed by atoms with Gasteiger partial charge in [0, 0.05) is 18.3 Å². The van der Waals surface area contributed by atoms with E-state index in [9.17, 15) is 24.7 Å². The van der Waals surface area contributed by atoms with Crippen molar-refractivity contribution in [2.24, 2.45) is 0 Å². The Morgan fingerprint density at radius 3 is 2.41 bits per heavy atom. The first-order valence-corrected chi connectivity index (χ1v) is 10.1. The Bertz CT molecular complexity index is 828. The summed E-state index contributed by atoms with van der Waals surface area (Å²) in [6.07, 6.45) is 0.229. The number of benzene rings is 2. The summed E-state index contributed by atoms with van der Waals surface area (Å²) in [6, 6.07) is 13.6. The summed E-state index contributed by atoms with van der Waals surface area (Å²) in [5, 5.41) is 23.6. The minimum atomic E-state index is -3.04. The highest BCUT2D eigenvalue weighted by atomic mass is 31.2. The van der Waals surface area contributed by atoms with Gasteiger partial charge in [0.05, 0.1) is 23.4 Å². The molecule has 1 atom stereocenters. The Morgan fingerprint density at radius 2 is 1.85 bits per heavy atom. The lowest BCUT2D eigenvalue weighted by atomic mass is 10.3. The van der Waals surface area contributed by atoms with Crippen molar-refractivity contribution in [2.45, 2.75) is 6.92 Å². The molecule has 0 fully saturated rings. The van der Waals surface area contributed by atoms with Crippen molar-refractivity contribution >= 4 is 24.7 Å². The number of hydrogen-bond acceptors (Lipinski definition) is 7. The van der Waals surface area contributed by atoms with E-state index in [1.807, 2.05) is 6.07 Å². The van der Waals surface area contributed by atoms with Gasteiger partial charge in [-0.1, -0.05) is 25.1 Å². The molecular weight excluding hydrogens is 373 g/mol. The van der Waals surface area contributed by atoms with Gasteiger partial charge in [0.1, 0.15) is 5.75 Å². The summed E-state index contributed by atoms with van der Waals surface area (Å²) < 4.78 is 18.3. The number of carbonyl (C=O) groups excluding carboxylic acids is 1. The maximum atomic E-state index is 12.7. The molecule has 2 aromatic carbocycles. The summed E-state index contributed by atoms with van der Waals surface area (Å²) in [5.41, 5.74) is -0.0636. The molecule has 27 heavy (non-hydrogen) atoms. The van der Waals surface area contributed by atoms with Crippen LogP contribution in [-0.4, -0.2) is 35.0 Å². The van der Waals surface area contributed by atoms with Gasteiger partial charge in [0.25, 0.3) is 19.0 Å². The zero-order valence-electron chi connectivity index (χ0n) is 14.6. The normalized spacial score (nSPS) is 12.8. The van der Waals surface area contributed by atoms with Crippen LogP contribution in [0.25, 0.3) is 0 Å². The van der Waals surface area contributed by atoms with E-state index >= 15 is 0 Å². The van der Waals surface area contributed by atoms with Gasteiger partial charge in [0.2, 0.25) is 0 Å². The molecule has 0 aliphatic carbocycles. The third-order valence-corrected chi connectivity index (χ3v) is 5.88. The molecular formula is C17H20N3O6P. The molecule has 9 nitrogen and oxygen atoms in total. The first kappa shape index (κ1) is 20.6. The summed E-state index contributed by atoms with van der Waals surface area (Å²) in [7, 11) is -3.04. The monoisotopic (exact) mass is 393 g/mol. The van der Waals surface area contributed by atoms with Crippen molar-refractivity contribution < 1.29 is 24.0 Å². The number of nitro groups is 1. The van der Waals surface area contributed by atoms with Crippen LogP contribution in [0.15, 0.2) is 54.6 Å². The minimum Gasteiger partial charge on any atom is -0.442 e. The van der Waals surface area contributed by atoms with Gasteiger partial charge in [0.15, 0.2) is 0 Å². The van der Waals surface area contributed by atoms with Crippen LogP contribution in [0.3, 0.4) is 0 Å². The van der Waals surface area contributed by atoms with Gasteiger partial charge in [-0.3, -0.25) is 30.0 Å². The number of para-hydroxylation sites is 1. The standard InChI is InChI=1S/C17H20N3O6P/c1-2-27(25,26-16-6-4-3-5-7-16)13-18-12-17(21)19(22)14-8-10-15(11-9-14)20(23)24/h3-11,18,22H,2,12-13H2,1H3. The Morgan fingerprint density at radius 1 is 1.22 bits per heavy atom. The van der Waals surface area contributed by atoms with Crippen LogP contribution in [-0.2, 0) is 9.36 Å². The fraction of sp³-hybridized carbons (Fsp3) is 0.235. The Hall–Kier alpha value is -2.74. The number of non-ortho nitro benzene ring substituents is 1. The predicted molar refractivity (Wildman–Crippen MR) is 100 cm³/mol. The van der Waals surface area contributed by atoms with Crippen molar-refractivity contribution in [1.29, 1.82) is 0 Å². The fourth-order valence-electron chi connectivity index (χ4n) is 2.15. The van der Waals surface area contributed by atoms with Crippen molar-refractivity contribution in [3.05, 3.63) is 64.7 Å². The van der Waals surface area contributed by atoms with E-state index in [1.165, 1.54) is 24.3 Å². The van der Waals surface area contributed by atoms with Crippen LogP contribution in [0.4, 0.5) is 11.4 Å². The molecule has 2 N–H and O–H groups in total. The molecule has 1 amide bonds. The summed E-state index contributed by atoms with van der Waals surface area (Å²) in [4.78, 5) is 22.1. The number of hydrogen-bond donors (Lipinski definition) is 2. The van der Waals surface area contributed by atoms with Gasteiger partial charge >= 0.3 is 0 Å². The van der Waals surface area contributed by atoms with E-state index in [-0.39, 0.29) is 30.4 Å². The molecule has 2 rings (SSSR count). The molecule has 0 radical (unpaired) electrons. The highest BCUT2D eigenvalue weighted by Crippen LogP contribution is 2.45. The predicted octanol–water partition coefficient (Wildman–Crippen LogP) is 3.24. The average molecular weight is 393 g/mol. The summed E-state index contributed by atoms with van der Waals surface area (Å²) >= 11 is 0. The average Bonchev–Trinajstić information content (AvgIpc) is 2.68. The van der Waals surface area contributed by atoms with Crippen LogP contribution >= 0.6 is 7.37 Å². The van der Waals surface area contributed by atoms with Gasteiger partial charge in [-0.25, -0.2) is 0 Å². The zero-order valence-corrected chi connectivity index (χ0v) is 15.5. The zero-order chi connectivity index (χ0) is 19.9. The van der Waals surface area contributed by atoms with Crippen LogP contribution in [0.1, 0.15) is 6.92 Å². The second-order valence-corrected chi connectivity index (χ2v) is 8.36. The molecule has 0 aliphatic heterocycles. The minimum absolute atomic E-state index is 0.0434. The number of nitro benzene ring substituents is 1. The maximum Gasteiger partial charge on any atom is 0.269 e. The number of amides is 1. The molecule has 1 unspecified atom stereocenters. The molecule has 10 heteroatoms. The van der Waals surface area contributed by atoms with E-state index in [0.717, 1.165) is 0 Å². The number of anilines is 1. The molecule has 0 aliphatic rings. The highest BCUT2D eigenvalue weighted by Gasteiger charge is 2.23. The van der Waals surface area contributed by atoms with Crippen LogP contribution in [0.2, 0.25) is 0 Å². The van der Waals surface area contributed by atoms with E-state index < -0.39 is 18.2 Å². The van der Waals surface area contributed by atoms with Gasteiger partial charge < -0.3 is 4.52 Å². The van der Waals surface area contributed by atoms with Crippen LogP contribution in [0, 0.1) is 10.1 Å². The van der Waals surface area contributed by atoms with Crippen LogP contribution in [0.5, 0.6) is 5.75 Å². The Kier molecular flexibility index (Phi) is 7.06. The highest BCUT2D eigenvalue weighted by molar-refractivity contribution is 7.59. The lowest BCUT2D eigenvalue weighted by molar-refractivity contribution is -0.384. The summed E-state index contributed by atoms with van der Waals surface area (Å²) in [5.74, 6) is -0.225. The van der Waals surface area contributed by atoms with Crippen molar-refractivity contribution in [1.82, 2.24) is 5.32 Å². The number of hydroxylamine groups is 1. The second-order valence-electron chi connectivity index (χ2n) is 5.60. The third kappa shape index (κ3) is 5.89. The lowest BCUT2D eigenvalue weighted by Crippen LogP contribution is -2.36. The topological polar surface area (TPSA) is 122 Å². The van der Waals surface area contributed by atoms with Gasteiger partial charge in [-0.05, 0) is 24.3 Å². The quantitative estimate of drug-likeness (QED) is 0.290. The molecule has 0 saturated heterocycles. The molecule has 2 aromatic rings. The molecule has 0 saturated carbocycles. The second kappa shape index (κ2) is 9.27. The van der Waals surface area contributed by atoms with Crippen molar-refractivity contribution in [2.75, 3.05) is 24.1 Å². The number of nitrogens with zero attached hydrogens (tertiary/aromatic N) is 2. The van der Waals surface area contributed by atoms with E-state index in [2.05, 4.69) is 5.32 Å². The molecule has 0 heterocycles. The van der Waals surface area contributed by atoms with Crippen molar-refractivity contribution in [3.8, 4) is 5.75 Å². The number of rotatable bonds is 9. The molecule has 0 aromatic heterocycles. The SMILES string of the molecule is CCP(=O)(CNCC(=O)N(O)c1ccc([N+](=O)[O-])cc1)Oc1ccccc1. The maximum absolute atomic E-state index is 12.7. The molecule has 0 spiro atoms. The van der Waals surface area contributed by atoms with Gasteiger partial charge in [-0.15, -0.1) is 0 Å². The Balaban J connectivity index is 1.89. The fourth-order valence-corrected chi connectivity index (χ4v) is 3.53. The van der Waals surface area contributed by atoms with E-state index in [4.69, 9.17) is 4.52 Å². The van der Waals surface area contributed by atoms with E-state index in [1.54, 1.807) is 31.2 Å². The van der Waals surface area contributed by atoms with Crippen molar-refractivity contribution in [3.63, 3.8) is 0 Å². The third-order valence-electron chi connectivity index (χ3n) is 3.67. The lowest BCUT2D eigenvalue weighted by Gasteiger charge is -2.20. The Labute approximate surface area is 156 Å². The first-order valence-electron chi connectivity index (χ1n) is 8.14. The van der Waals surface area contributed by atoms with Crippen LogP contribution < -0.4 is 14.9 Å². The number of nitrogens with one attached hydrogen (secondary N) is 1. The largest absolute Gasteiger partial charge is 0.442 e. The first-order chi connectivity index (χ1) is 12.8. The molecule has 144 valence electrons. The van der Waals surface area contributed by atoms with E-state index in [0.29, 0.717) is 10.8 Å².